The number of hydrogen-bond acceptors (Lipinski definition) is 3. The summed E-state index contributed by atoms with van der Waals surface area (Å²) in [6, 6.07) is 5.07. The molecule has 1 fully saturated rings. The van der Waals surface area contributed by atoms with Crippen LogP contribution in [0.5, 0.6) is 0 Å². The van der Waals surface area contributed by atoms with Gasteiger partial charge in [0, 0.05) is 30.2 Å². The highest BCUT2D eigenvalue weighted by Crippen LogP contribution is 2.30. The molecular formula is C16H20FN4+. The maximum Gasteiger partial charge on any atom is 0.124 e. The van der Waals surface area contributed by atoms with Crippen LogP contribution >= 0.6 is 0 Å². The summed E-state index contributed by atoms with van der Waals surface area (Å²) >= 11 is 0. The van der Waals surface area contributed by atoms with Crippen LogP contribution < -0.4 is 16.4 Å². The quantitative estimate of drug-likeness (QED) is 0.795. The monoisotopic (exact) mass is 287 g/mol. The Balaban J connectivity index is 1.95. The van der Waals surface area contributed by atoms with E-state index in [-0.39, 0.29) is 5.82 Å². The number of pyridine rings is 1. The van der Waals surface area contributed by atoms with Gasteiger partial charge in [0.15, 0.2) is 0 Å². The summed E-state index contributed by atoms with van der Waals surface area (Å²) in [5.74, 6) is -0.247. The number of quaternary nitrogens is 1. The Bertz CT molecular complexity index is 651. The van der Waals surface area contributed by atoms with Gasteiger partial charge in [-0.3, -0.25) is 4.98 Å². The lowest BCUT2D eigenvalue weighted by Gasteiger charge is -2.14. The molecule has 1 saturated heterocycles. The van der Waals surface area contributed by atoms with Crippen molar-refractivity contribution >= 4 is 11.4 Å². The zero-order valence-corrected chi connectivity index (χ0v) is 11.9. The highest BCUT2D eigenvalue weighted by molar-refractivity contribution is 5.83. The maximum absolute atomic E-state index is 13.9. The second kappa shape index (κ2) is 5.69. The fourth-order valence-corrected chi connectivity index (χ4v) is 2.97. The number of likely N-dealkylation sites (tertiary alicyclic amines) is 1. The first-order valence-corrected chi connectivity index (χ1v) is 7.26. The van der Waals surface area contributed by atoms with Crippen LogP contribution in [0.2, 0.25) is 0 Å². The molecule has 4 nitrogen and oxygen atoms in total. The first kappa shape index (κ1) is 13.8. The molecule has 3 rings (SSSR count). The molecule has 1 aliphatic rings. The Kier molecular flexibility index (Phi) is 3.75. The molecule has 5 heteroatoms. The van der Waals surface area contributed by atoms with Crippen LogP contribution in [0.1, 0.15) is 18.4 Å². The molecule has 0 radical (unpaired) electrons. The number of anilines is 2. The van der Waals surface area contributed by atoms with Gasteiger partial charge in [-0.2, -0.15) is 0 Å². The Hall–Kier alpha value is -2.14. The Morgan fingerprint density at radius 1 is 1.10 bits per heavy atom. The summed E-state index contributed by atoms with van der Waals surface area (Å²) < 4.78 is 13.9. The Morgan fingerprint density at radius 3 is 2.62 bits per heavy atom. The van der Waals surface area contributed by atoms with E-state index in [2.05, 4.69) is 4.98 Å². The van der Waals surface area contributed by atoms with Crippen molar-refractivity contribution in [1.29, 1.82) is 0 Å². The number of hydrogen-bond donors (Lipinski definition) is 3. The average Bonchev–Trinajstić information content (AvgIpc) is 2.94. The van der Waals surface area contributed by atoms with Crippen LogP contribution in [0.15, 0.2) is 30.6 Å². The fraction of sp³-hybridized carbons (Fsp3) is 0.312. The van der Waals surface area contributed by atoms with Gasteiger partial charge in [0.2, 0.25) is 0 Å². The summed E-state index contributed by atoms with van der Waals surface area (Å²) in [6.07, 6.45) is 5.65. The van der Waals surface area contributed by atoms with Crippen LogP contribution in [-0.4, -0.2) is 18.1 Å². The second-order valence-corrected chi connectivity index (χ2v) is 5.67. The van der Waals surface area contributed by atoms with Gasteiger partial charge in [-0.25, -0.2) is 4.39 Å². The zero-order valence-electron chi connectivity index (χ0n) is 11.9. The van der Waals surface area contributed by atoms with Gasteiger partial charge < -0.3 is 16.4 Å². The SMILES string of the molecule is Nc1cncc(-c2cc(F)cc(C[NH+]3CCCC3)c2)c1N. The minimum atomic E-state index is -0.247. The van der Waals surface area contributed by atoms with E-state index >= 15 is 0 Å². The summed E-state index contributed by atoms with van der Waals surface area (Å²) in [7, 11) is 0. The lowest BCUT2D eigenvalue weighted by Crippen LogP contribution is -3.08. The molecule has 5 N–H and O–H groups in total. The zero-order chi connectivity index (χ0) is 14.8. The molecule has 1 aromatic heterocycles. The van der Waals surface area contributed by atoms with Gasteiger partial charge in [-0.1, -0.05) is 0 Å². The first-order valence-electron chi connectivity index (χ1n) is 7.26. The van der Waals surface area contributed by atoms with Crippen LogP contribution in [0.4, 0.5) is 15.8 Å². The summed E-state index contributed by atoms with van der Waals surface area (Å²) in [4.78, 5) is 5.56. The lowest BCUT2D eigenvalue weighted by atomic mass is 10.0. The van der Waals surface area contributed by atoms with Crippen LogP contribution in [-0.2, 0) is 6.54 Å². The molecule has 1 aliphatic heterocycles. The van der Waals surface area contributed by atoms with E-state index in [1.807, 2.05) is 6.07 Å². The number of rotatable bonds is 3. The van der Waals surface area contributed by atoms with Crippen molar-refractivity contribution in [2.24, 2.45) is 0 Å². The molecule has 0 spiro atoms. The molecule has 2 aromatic rings. The van der Waals surface area contributed by atoms with Crippen molar-refractivity contribution in [2.45, 2.75) is 19.4 Å². The van der Waals surface area contributed by atoms with Gasteiger partial charge in [0.25, 0.3) is 0 Å². The van der Waals surface area contributed by atoms with E-state index in [1.54, 1.807) is 12.3 Å². The third kappa shape index (κ3) is 2.97. The molecule has 2 heterocycles. The number of benzene rings is 1. The predicted octanol–water partition coefficient (Wildman–Crippen LogP) is 1.23. The molecule has 0 atom stereocenters. The second-order valence-electron chi connectivity index (χ2n) is 5.67. The normalized spacial score (nSPS) is 15.5. The van der Waals surface area contributed by atoms with Crippen LogP contribution in [0.25, 0.3) is 11.1 Å². The highest BCUT2D eigenvalue weighted by atomic mass is 19.1. The topological polar surface area (TPSA) is 69.4 Å². The molecule has 1 aromatic carbocycles. The van der Waals surface area contributed by atoms with Gasteiger partial charge in [-0.15, -0.1) is 0 Å². The number of nitrogens with two attached hydrogens (primary N) is 2. The number of nitrogens with zero attached hydrogens (tertiary/aromatic N) is 1. The fourth-order valence-electron chi connectivity index (χ4n) is 2.97. The van der Waals surface area contributed by atoms with E-state index in [1.165, 1.54) is 30.0 Å². The van der Waals surface area contributed by atoms with Crippen LogP contribution in [0, 0.1) is 5.82 Å². The van der Waals surface area contributed by atoms with E-state index in [0.717, 1.165) is 30.8 Å². The molecule has 0 amide bonds. The Morgan fingerprint density at radius 2 is 1.86 bits per heavy atom. The summed E-state index contributed by atoms with van der Waals surface area (Å²) in [5, 5.41) is 0. The van der Waals surface area contributed by atoms with Crippen molar-refractivity contribution in [3.8, 4) is 11.1 Å². The summed E-state index contributed by atoms with van der Waals surface area (Å²) in [5.41, 5.74) is 15.1. The van der Waals surface area contributed by atoms with Crippen molar-refractivity contribution < 1.29 is 9.29 Å². The van der Waals surface area contributed by atoms with Gasteiger partial charge in [0.05, 0.1) is 30.7 Å². The van der Waals surface area contributed by atoms with E-state index < -0.39 is 0 Å². The molecule has 110 valence electrons. The summed E-state index contributed by atoms with van der Waals surface area (Å²) in [6.45, 7) is 3.17. The van der Waals surface area contributed by atoms with Crippen molar-refractivity contribution in [3.63, 3.8) is 0 Å². The molecule has 0 bridgehead atoms. The number of aromatic nitrogens is 1. The largest absolute Gasteiger partial charge is 0.396 e. The van der Waals surface area contributed by atoms with Crippen molar-refractivity contribution in [3.05, 3.63) is 42.0 Å². The van der Waals surface area contributed by atoms with Gasteiger partial charge >= 0.3 is 0 Å². The molecule has 0 saturated carbocycles. The minimum Gasteiger partial charge on any atom is -0.396 e. The van der Waals surface area contributed by atoms with Crippen molar-refractivity contribution in [2.75, 3.05) is 24.6 Å². The highest BCUT2D eigenvalue weighted by Gasteiger charge is 2.17. The van der Waals surface area contributed by atoms with Gasteiger partial charge in [-0.05, 0) is 23.8 Å². The molecule has 0 unspecified atom stereocenters. The Labute approximate surface area is 123 Å². The third-order valence-electron chi connectivity index (χ3n) is 4.05. The van der Waals surface area contributed by atoms with E-state index in [0.29, 0.717) is 16.9 Å². The first-order chi connectivity index (χ1) is 10.1. The predicted molar refractivity (Wildman–Crippen MR) is 82.1 cm³/mol. The number of halogens is 1. The molecule has 0 aliphatic carbocycles. The lowest BCUT2D eigenvalue weighted by molar-refractivity contribution is -0.901. The average molecular weight is 287 g/mol. The van der Waals surface area contributed by atoms with Gasteiger partial charge in [0.1, 0.15) is 12.4 Å². The smallest absolute Gasteiger partial charge is 0.124 e. The van der Waals surface area contributed by atoms with Crippen LogP contribution in [0.3, 0.4) is 0 Å². The standard InChI is InChI=1S/C16H19FN4/c17-13-6-11(10-21-3-1-2-4-21)5-12(7-13)14-8-20-9-15(18)16(14)19/h5-9H,1-4,10,18H2,(H2,19,20)/p+1. The van der Waals surface area contributed by atoms with E-state index in [4.69, 9.17) is 11.5 Å². The van der Waals surface area contributed by atoms with Crippen molar-refractivity contribution in [1.82, 2.24) is 4.98 Å². The number of nitrogen functional groups attached to an aromatic ring is 2. The molecular weight excluding hydrogens is 267 g/mol. The third-order valence-corrected chi connectivity index (χ3v) is 4.05. The van der Waals surface area contributed by atoms with E-state index in [9.17, 15) is 4.39 Å². The minimum absolute atomic E-state index is 0.247. The molecule has 21 heavy (non-hydrogen) atoms. The number of nitrogens with one attached hydrogen (secondary N) is 1. The maximum atomic E-state index is 13.9.